The summed E-state index contributed by atoms with van der Waals surface area (Å²) in [5.74, 6) is 2.73. The Labute approximate surface area is 138 Å². The molecule has 0 unspecified atom stereocenters. The molecule has 3 heterocycles. The monoisotopic (exact) mass is 327 g/mol. The first-order valence-electron chi connectivity index (χ1n) is 7.81. The molecule has 8 heteroatoms. The minimum atomic E-state index is -0.136. The van der Waals surface area contributed by atoms with E-state index in [-0.39, 0.29) is 12.0 Å². The lowest BCUT2D eigenvalue weighted by Crippen LogP contribution is -2.33. The molecule has 1 aromatic carbocycles. The summed E-state index contributed by atoms with van der Waals surface area (Å²) in [6.45, 7) is 4.99. The maximum absolute atomic E-state index is 5.92. The highest BCUT2D eigenvalue weighted by molar-refractivity contribution is 5.43. The molecule has 0 saturated carbocycles. The van der Waals surface area contributed by atoms with Gasteiger partial charge in [-0.2, -0.15) is 4.98 Å². The van der Waals surface area contributed by atoms with Crippen molar-refractivity contribution in [1.82, 2.24) is 25.1 Å². The van der Waals surface area contributed by atoms with Crippen molar-refractivity contribution in [3.8, 4) is 23.1 Å². The van der Waals surface area contributed by atoms with E-state index in [9.17, 15) is 0 Å². The van der Waals surface area contributed by atoms with Gasteiger partial charge in [0.2, 0.25) is 0 Å². The first-order valence-corrected chi connectivity index (χ1v) is 7.81. The third-order valence-electron chi connectivity index (χ3n) is 3.67. The van der Waals surface area contributed by atoms with Gasteiger partial charge in [-0.1, -0.05) is 36.4 Å². The van der Waals surface area contributed by atoms with Gasteiger partial charge in [-0.3, -0.25) is 0 Å². The number of ether oxygens (including phenoxy) is 2. The Morgan fingerprint density at radius 2 is 2.08 bits per heavy atom. The van der Waals surface area contributed by atoms with Gasteiger partial charge >= 0.3 is 0 Å². The molecule has 1 aliphatic rings. The second-order valence-corrected chi connectivity index (χ2v) is 5.94. The van der Waals surface area contributed by atoms with E-state index in [1.54, 1.807) is 10.9 Å². The largest absolute Gasteiger partial charge is 0.486 e. The number of para-hydroxylation sites is 2. The standard InChI is InChI=1S/C16H17N5O3/c1-10(2)15-17-16(24-19-15)12-8-21(20-18-12)7-11-9-22-13-5-3-4-6-14(13)23-11/h3-6,8,10-11H,7,9H2,1-2H3/t11-/m0/s1. The third-order valence-corrected chi connectivity index (χ3v) is 3.67. The molecule has 0 bridgehead atoms. The van der Waals surface area contributed by atoms with Crippen LogP contribution in [0.1, 0.15) is 25.6 Å². The van der Waals surface area contributed by atoms with Crippen LogP contribution in [0.5, 0.6) is 11.5 Å². The molecule has 0 radical (unpaired) electrons. The van der Waals surface area contributed by atoms with Gasteiger partial charge in [0.25, 0.3) is 5.89 Å². The van der Waals surface area contributed by atoms with Gasteiger partial charge in [0, 0.05) is 5.92 Å². The molecule has 3 aromatic rings. The highest BCUT2D eigenvalue weighted by Gasteiger charge is 2.22. The van der Waals surface area contributed by atoms with Crippen molar-refractivity contribution < 1.29 is 14.0 Å². The Balaban J connectivity index is 1.46. The van der Waals surface area contributed by atoms with Crippen molar-refractivity contribution in [1.29, 1.82) is 0 Å². The maximum Gasteiger partial charge on any atom is 0.280 e. The van der Waals surface area contributed by atoms with Crippen LogP contribution >= 0.6 is 0 Å². The maximum atomic E-state index is 5.92. The van der Waals surface area contributed by atoms with Crippen molar-refractivity contribution in [3.05, 3.63) is 36.3 Å². The van der Waals surface area contributed by atoms with Crippen molar-refractivity contribution in [2.45, 2.75) is 32.4 Å². The van der Waals surface area contributed by atoms with Crippen LogP contribution in [0, 0.1) is 0 Å². The van der Waals surface area contributed by atoms with Crippen LogP contribution < -0.4 is 9.47 Å². The molecule has 2 aromatic heterocycles. The highest BCUT2D eigenvalue weighted by atomic mass is 16.6. The Morgan fingerprint density at radius 1 is 1.25 bits per heavy atom. The molecule has 0 saturated heterocycles. The van der Waals surface area contributed by atoms with E-state index in [4.69, 9.17) is 14.0 Å². The summed E-state index contributed by atoms with van der Waals surface area (Å²) in [4.78, 5) is 4.32. The molecule has 4 rings (SSSR count). The van der Waals surface area contributed by atoms with Gasteiger partial charge in [-0.05, 0) is 12.1 Å². The van der Waals surface area contributed by atoms with E-state index in [1.165, 1.54) is 0 Å². The lowest BCUT2D eigenvalue weighted by Gasteiger charge is -2.26. The number of rotatable bonds is 4. The van der Waals surface area contributed by atoms with E-state index in [0.29, 0.717) is 30.6 Å². The first kappa shape index (κ1) is 14.7. The fourth-order valence-corrected chi connectivity index (χ4v) is 2.42. The summed E-state index contributed by atoms with van der Waals surface area (Å²) in [6.07, 6.45) is 1.63. The van der Waals surface area contributed by atoms with Crippen LogP contribution in [0.4, 0.5) is 0 Å². The molecular formula is C16H17N5O3. The van der Waals surface area contributed by atoms with Gasteiger partial charge in [0.05, 0.1) is 12.7 Å². The summed E-state index contributed by atoms with van der Waals surface area (Å²) >= 11 is 0. The van der Waals surface area contributed by atoms with Crippen LogP contribution in [0.15, 0.2) is 35.0 Å². The van der Waals surface area contributed by atoms with E-state index < -0.39 is 0 Å². The minimum absolute atomic E-state index is 0.136. The summed E-state index contributed by atoms with van der Waals surface area (Å²) in [5, 5.41) is 12.1. The average molecular weight is 327 g/mol. The number of hydrogen-bond donors (Lipinski definition) is 0. The second-order valence-electron chi connectivity index (χ2n) is 5.94. The molecule has 0 aliphatic carbocycles. The quantitative estimate of drug-likeness (QED) is 0.726. The zero-order chi connectivity index (χ0) is 16.5. The predicted molar refractivity (Wildman–Crippen MR) is 83.8 cm³/mol. The van der Waals surface area contributed by atoms with Crippen molar-refractivity contribution in [2.24, 2.45) is 0 Å². The number of aromatic nitrogens is 5. The highest BCUT2D eigenvalue weighted by Crippen LogP contribution is 2.31. The fourth-order valence-electron chi connectivity index (χ4n) is 2.42. The molecule has 1 atom stereocenters. The minimum Gasteiger partial charge on any atom is -0.486 e. The van der Waals surface area contributed by atoms with E-state index in [0.717, 1.165) is 11.5 Å². The van der Waals surface area contributed by atoms with Crippen LogP contribution in [0.3, 0.4) is 0 Å². The smallest absolute Gasteiger partial charge is 0.280 e. The van der Waals surface area contributed by atoms with Crippen LogP contribution in [-0.4, -0.2) is 37.8 Å². The molecule has 0 fully saturated rings. The molecule has 0 spiro atoms. The van der Waals surface area contributed by atoms with Crippen molar-refractivity contribution in [3.63, 3.8) is 0 Å². The SMILES string of the molecule is CC(C)c1noc(-c2cn(C[C@H]3COc4ccccc4O3)nn2)n1. The Kier molecular flexibility index (Phi) is 3.64. The Hall–Kier alpha value is -2.90. The zero-order valence-corrected chi connectivity index (χ0v) is 13.4. The lowest BCUT2D eigenvalue weighted by atomic mass is 10.2. The van der Waals surface area contributed by atoms with Crippen molar-refractivity contribution in [2.75, 3.05) is 6.61 Å². The van der Waals surface area contributed by atoms with Gasteiger partial charge < -0.3 is 14.0 Å². The summed E-state index contributed by atoms with van der Waals surface area (Å²) in [5.41, 5.74) is 0.548. The Morgan fingerprint density at radius 3 is 2.88 bits per heavy atom. The Bertz CT molecular complexity index is 842. The molecule has 124 valence electrons. The van der Waals surface area contributed by atoms with Crippen LogP contribution in [-0.2, 0) is 6.54 Å². The van der Waals surface area contributed by atoms with Crippen LogP contribution in [0.25, 0.3) is 11.6 Å². The third kappa shape index (κ3) is 2.82. The lowest BCUT2D eigenvalue weighted by molar-refractivity contribution is 0.0755. The summed E-state index contributed by atoms with van der Waals surface area (Å²) in [7, 11) is 0. The molecule has 0 amide bonds. The van der Waals surface area contributed by atoms with E-state index in [2.05, 4.69) is 20.5 Å². The topological polar surface area (TPSA) is 88.1 Å². The van der Waals surface area contributed by atoms with Crippen molar-refractivity contribution >= 4 is 0 Å². The first-order chi connectivity index (χ1) is 11.7. The number of fused-ring (bicyclic) bond motifs is 1. The predicted octanol–water partition coefficient (Wildman–Crippen LogP) is 2.29. The normalized spacial score (nSPS) is 16.5. The molecule has 0 N–H and O–H groups in total. The number of hydrogen-bond acceptors (Lipinski definition) is 7. The fraction of sp³-hybridized carbons (Fsp3) is 0.375. The van der Waals surface area contributed by atoms with Crippen LogP contribution in [0.2, 0.25) is 0 Å². The van der Waals surface area contributed by atoms with E-state index >= 15 is 0 Å². The van der Waals surface area contributed by atoms with Gasteiger partial charge in [0.1, 0.15) is 6.61 Å². The summed E-state index contributed by atoms with van der Waals surface area (Å²) < 4.78 is 18.5. The molecule has 1 aliphatic heterocycles. The van der Waals surface area contributed by atoms with Gasteiger partial charge in [-0.15, -0.1) is 5.10 Å². The molecule has 24 heavy (non-hydrogen) atoms. The van der Waals surface area contributed by atoms with Gasteiger partial charge in [-0.25, -0.2) is 4.68 Å². The molecule has 8 nitrogen and oxygen atoms in total. The number of nitrogens with zero attached hydrogens (tertiary/aromatic N) is 5. The average Bonchev–Trinajstić information content (AvgIpc) is 3.24. The van der Waals surface area contributed by atoms with Gasteiger partial charge in [0.15, 0.2) is 29.1 Å². The second kappa shape index (κ2) is 5.95. The molecular weight excluding hydrogens is 310 g/mol. The zero-order valence-electron chi connectivity index (χ0n) is 13.4. The summed E-state index contributed by atoms with van der Waals surface area (Å²) in [6, 6.07) is 7.61. The van der Waals surface area contributed by atoms with E-state index in [1.807, 2.05) is 38.1 Å². The number of benzene rings is 1.